The summed E-state index contributed by atoms with van der Waals surface area (Å²) in [5, 5.41) is 3.09. The van der Waals surface area contributed by atoms with Crippen LogP contribution in [-0.2, 0) is 0 Å². The molecule has 1 aliphatic heterocycles. The molecule has 0 saturated heterocycles. The molecule has 7 heteroatoms. The molecule has 23 heavy (non-hydrogen) atoms. The SMILES string of the molecule is CNCCCN1c2ccccc2N(c2ncccc2C)S1(O)O. The zero-order chi connectivity index (χ0) is 16.4. The minimum absolute atomic E-state index is 0.558. The molecule has 0 fully saturated rings. The second-order valence-corrected chi connectivity index (χ2v) is 7.26. The van der Waals surface area contributed by atoms with Gasteiger partial charge >= 0.3 is 0 Å². The average Bonchev–Trinajstić information content (AvgIpc) is 2.76. The van der Waals surface area contributed by atoms with Gasteiger partial charge in [0.25, 0.3) is 0 Å². The van der Waals surface area contributed by atoms with Gasteiger partial charge in [-0.05, 0) is 61.7 Å². The van der Waals surface area contributed by atoms with Gasteiger partial charge in [-0.1, -0.05) is 18.2 Å². The average molecular weight is 334 g/mol. The Bertz CT molecular complexity index is 695. The molecule has 0 radical (unpaired) electrons. The van der Waals surface area contributed by atoms with Crippen molar-refractivity contribution in [2.24, 2.45) is 0 Å². The van der Waals surface area contributed by atoms with Crippen LogP contribution in [0.4, 0.5) is 17.2 Å². The number of hydrogen-bond acceptors (Lipinski definition) is 6. The number of anilines is 3. The first-order chi connectivity index (χ1) is 11.1. The lowest BCUT2D eigenvalue weighted by Gasteiger charge is -2.43. The predicted octanol–water partition coefficient (Wildman–Crippen LogP) is 3.54. The van der Waals surface area contributed by atoms with Crippen LogP contribution in [0.25, 0.3) is 0 Å². The zero-order valence-corrected chi connectivity index (χ0v) is 14.1. The van der Waals surface area contributed by atoms with Gasteiger partial charge in [0.15, 0.2) is 5.82 Å². The number of nitrogens with zero attached hydrogens (tertiary/aromatic N) is 3. The standard InChI is InChI=1S/C16H22N4O2S/c1-13-7-5-11-18-16(13)20-15-9-4-3-8-14(15)19(23(20,21)22)12-6-10-17-2/h3-5,7-9,11,17,21-22H,6,10,12H2,1-2H3. The Morgan fingerprint density at radius 1 is 1.13 bits per heavy atom. The molecule has 0 unspecified atom stereocenters. The summed E-state index contributed by atoms with van der Waals surface area (Å²) in [6, 6.07) is 11.4. The van der Waals surface area contributed by atoms with Crippen molar-refractivity contribution in [3.8, 4) is 0 Å². The van der Waals surface area contributed by atoms with Crippen molar-refractivity contribution < 1.29 is 9.11 Å². The smallest absolute Gasteiger partial charge is 0.156 e. The van der Waals surface area contributed by atoms with Crippen molar-refractivity contribution in [1.29, 1.82) is 0 Å². The fraction of sp³-hybridized carbons (Fsp3) is 0.312. The topological polar surface area (TPSA) is 71.9 Å². The molecule has 0 aliphatic carbocycles. The van der Waals surface area contributed by atoms with E-state index in [9.17, 15) is 9.11 Å². The third kappa shape index (κ3) is 2.76. The van der Waals surface area contributed by atoms with E-state index in [2.05, 4.69) is 10.3 Å². The highest BCUT2D eigenvalue weighted by Crippen LogP contribution is 2.63. The molecule has 6 nitrogen and oxygen atoms in total. The van der Waals surface area contributed by atoms with Crippen LogP contribution in [0, 0.1) is 6.92 Å². The van der Waals surface area contributed by atoms with Crippen molar-refractivity contribution in [3.63, 3.8) is 0 Å². The van der Waals surface area contributed by atoms with Crippen LogP contribution in [0.15, 0.2) is 42.6 Å². The Hall–Kier alpha value is -1.80. The predicted molar refractivity (Wildman–Crippen MR) is 96.3 cm³/mol. The molecule has 1 aromatic heterocycles. The highest BCUT2D eigenvalue weighted by molar-refractivity contribution is 8.27. The fourth-order valence-electron chi connectivity index (χ4n) is 2.77. The lowest BCUT2D eigenvalue weighted by molar-refractivity contribution is 0.483. The molecular formula is C16H22N4O2S. The Morgan fingerprint density at radius 3 is 2.57 bits per heavy atom. The first-order valence-electron chi connectivity index (χ1n) is 7.59. The van der Waals surface area contributed by atoms with Gasteiger partial charge < -0.3 is 5.32 Å². The van der Waals surface area contributed by atoms with Gasteiger partial charge in [-0.3, -0.25) is 13.4 Å². The molecule has 0 bridgehead atoms. The van der Waals surface area contributed by atoms with Crippen molar-refractivity contribution in [2.45, 2.75) is 13.3 Å². The molecule has 124 valence electrons. The minimum Gasteiger partial charge on any atom is -0.320 e. The maximum atomic E-state index is 10.9. The van der Waals surface area contributed by atoms with E-state index in [1.165, 1.54) is 0 Å². The third-order valence-corrected chi connectivity index (χ3v) is 5.70. The van der Waals surface area contributed by atoms with E-state index in [-0.39, 0.29) is 0 Å². The van der Waals surface area contributed by atoms with Gasteiger partial charge in [0.2, 0.25) is 0 Å². The number of nitrogens with one attached hydrogen (secondary N) is 1. The molecule has 3 N–H and O–H groups in total. The molecule has 2 heterocycles. The molecule has 0 amide bonds. The molecule has 0 atom stereocenters. The number of aromatic nitrogens is 1. The minimum atomic E-state index is -3.17. The van der Waals surface area contributed by atoms with E-state index >= 15 is 0 Å². The number of para-hydroxylation sites is 2. The van der Waals surface area contributed by atoms with Crippen LogP contribution in [0.2, 0.25) is 0 Å². The third-order valence-electron chi connectivity index (χ3n) is 3.87. The van der Waals surface area contributed by atoms with E-state index in [0.717, 1.165) is 29.9 Å². The molecule has 0 spiro atoms. The number of benzene rings is 1. The highest BCUT2D eigenvalue weighted by atomic mass is 32.3. The van der Waals surface area contributed by atoms with Gasteiger partial charge in [0.1, 0.15) is 0 Å². The summed E-state index contributed by atoms with van der Waals surface area (Å²) in [4.78, 5) is 4.37. The highest BCUT2D eigenvalue weighted by Gasteiger charge is 2.42. The fourth-order valence-corrected chi connectivity index (χ4v) is 4.60. The maximum absolute atomic E-state index is 10.9. The van der Waals surface area contributed by atoms with Crippen molar-refractivity contribution in [1.82, 2.24) is 10.3 Å². The second kappa shape index (κ2) is 6.37. The van der Waals surface area contributed by atoms with Crippen LogP contribution in [0.5, 0.6) is 0 Å². The van der Waals surface area contributed by atoms with Gasteiger partial charge in [-0.2, -0.15) is 0 Å². The Labute approximate surface area is 138 Å². The van der Waals surface area contributed by atoms with Crippen molar-refractivity contribution in [2.75, 3.05) is 28.7 Å². The lowest BCUT2D eigenvalue weighted by Crippen LogP contribution is -2.33. The van der Waals surface area contributed by atoms with E-state index in [1.807, 2.05) is 50.4 Å². The number of pyridine rings is 1. The van der Waals surface area contributed by atoms with Gasteiger partial charge in [0, 0.05) is 12.7 Å². The van der Waals surface area contributed by atoms with Gasteiger partial charge in [-0.25, -0.2) is 9.29 Å². The zero-order valence-electron chi connectivity index (χ0n) is 13.3. The quantitative estimate of drug-likeness (QED) is 0.727. The molecule has 0 saturated carbocycles. The number of hydrogen-bond donors (Lipinski definition) is 3. The molecule has 1 aromatic carbocycles. The summed E-state index contributed by atoms with van der Waals surface area (Å²) in [7, 11) is -1.28. The van der Waals surface area contributed by atoms with Gasteiger partial charge in [0.05, 0.1) is 11.4 Å². The number of aryl methyl sites for hydroxylation is 1. The van der Waals surface area contributed by atoms with E-state index < -0.39 is 11.0 Å². The van der Waals surface area contributed by atoms with E-state index in [0.29, 0.717) is 12.4 Å². The van der Waals surface area contributed by atoms with Crippen LogP contribution >= 0.6 is 11.0 Å². The van der Waals surface area contributed by atoms with Crippen LogP contribution in [-0.4, -0.2) is 34.2 Å². The van der Waals surface area contributed by atoms with Crippen LogP contribution in [0.1, 0.15) is 12.0 Å². The van der Waals surface area contributed by atoms with Gasteiger partial charge in [-0.15, -0.1) is 0 Å². The molecule has 1 aliphatic rings. The van der Waals surface area contributed by atoms with E-state index in [1.54, 1.807) is 14.8 Å². The molecular weight excluding hydrogens is 312 g/mol. The summed E-state index contributed by atoms with van der Waals surface area (Å²) in [5.74, 6) is 0.580. The normalized spacial score (nSPS) is 17.2. The van der Waals surface area contributed by atoms with Crippen molar-refractivity contribution in [3.05, 3.63) is 48.2 Å². The summed E-state index contributed by atoms with van der Waals surface area (Å²) in [5.41, 5.74) is 2.51. The van der Waals surface area contributed by atoms with E-state index in [4.69, 9.17) is 0 Å². The molecule has 3 rings (SSSR count). The Balaban J connectivity index is 2.05. The largest absolute Gasteiger partial charge is 0.320 e. The Morgan fingerprint density at radius 2 is 1.87 bits per heavy atom. The summed E-state index contributed by atoms with van der Waals surface area (Å²) >= 11 is 0. The van der Waals surface area contributed by atoms with Crippen LogP contribution in [0.3, 0.4) is 0 Å². The first kappa shape index (κ1) is 16.1. The summed E-state index contributed by atoms with van der Waals surface area (Å²) in [6.07, 6.45) is 2.49. The van der Waals surface area contributed by atoms with Crippen molar-refractivity contribution >= 4 is 28.2 Å². The first-order valence-corrected chi connectivity index (χ1v) is 9.05. The lowest BCUT2D eigenvalue weighted by atomic mass is 10.2. The Kier molecular flexibility index (Phi) is 4.45. The summed E-state index contributed by atoms with van der Waals surface area (Å²) < 4.78 is 25.1. The maximum Gasteiger partial charge on any atom is 0.156 e. The van der Waals surface area contributed by atoms with Crippen LogP contribution < -0.4 is 13.9 Å². The second-order valence-electron chi connectivity index (χ2n) is 5.48. The number of rotatable bonds is 5. The summed E-state index contributed by atoms with van der Waals surface area (Å²) in [6.45, 7) is 3.30. The molecule has 2 aromatic rings. The monoisotopic (exact) mass is 334 g/mol. The number of fused-ring (bicyclic) bond motifs is 1.